The number of H-pyrrole nitrogens is 1. The van der Waals surface area contributed by atoms with Crippen molar-refractivity contribution < 1.29 is 0 Å². The number of nitrogens with two attached hydrogens (primary N) is 1. The van der Waals surface area contributed by atoms with Crippen LogP contribution in [-0.2, 0) is 6.42 Å². The molecule has 2 aliphatic carbocycles. The molecule has 0 bridgehead atoms. The van der Waals surface area contributed by atoms with E-state index in [0.717, 1.165) is 18.8 Å². The number of unbranched alkanes of at least 4 members (excludes halogenated alkanes) is 1. The highest BCUT2D eigenvalue weighted by atomic mass is 15.0. The lowest BCUT2D eigenvalue weighted by Crippen LogP contribution is -2.17. The second-order valence-corrected chi connectivity index (χ2v) is 6.84. The molecule has 0 aromatic carbocycles. The Morgan fingerprint density at radius 3 is 2.70 bits per heavy atom. The van der Waals surface area contributed by atoms with Gasteiger partial charge >= 0.3 is 0 Å². The van der Waals surface area contributed by atoms with E-state index in [9.17, 15) is 0 Å². The monoisotopic (exact) mass is 275 g/mol. The van der Waals surface area contributed by atoms with Crippen molar-refractivity contribution in [3.8, 4) is 0 Å². The van der Waals surface area contributed by atoms with Gasteiger partial charge in [-0.25, -0.2) is 4.98 Å². The first-order valence-electron chi connectivity index (χ1n) is 8.62. The summed E-state index contributed by atoms with van der Waals surface area (Å²) in [4.78, 5) is 8.46. The number of nitrogens with zero attached hydrogens (tertiary/aromatic N) is 1. The Bertz CT molecular complexity index is 429. The number of imidazole rings is 1. The number of aromatic amines is 1. The van der Waals surface area contributed by atoms with Gasteiger partial charge in [0.05, 0.1) is 5.69 Å². The fourth-order valence-electron chi connectivity index (χ4n) is 3.99. The predicted molar refractivity (Wildman–Crippen MR) is 82.7 cm³/mol. The van der Waals surface area contributed by atoms with E-state index < -0.39 is 0 Å². The summed E-state index contributed by atoms with van der Waals surface area (Å²) in [6.45, 7) is 2.29. The third-order valence-corrected chi connectivity index (χ3v) is 5.32. The SMILES string of the molecule is CCCCC1CCC(c2nc3c([nH]2)CCCC3N)CC1. The number of nitrogens with one attached hydrogen (secondary N) is 1. The number of fused-ring (bicyclic) bond motifs is 1. The molecule has 1 aromatic rings. The zero-order chi connectivity index (χ0) is 13.9. The summed E-state index contributed by atoms with van der Waals surface area (Å²) in [7, 11) is 0. The second kappa shape index (κ2) is 6.30. The molecule has 1 unspecified atom stereocenters. The van der Waals surface area contributed by atoms with Crippen molar-refractivity contribution in [3.05, 3.63) is 17.2 Å². The Kier molecular flexibility index (Phi) is 4.45. The van der Waals surface area contributed by atoms with Gasteiger partial charge in [-0.2, -0.15) is 0 Å². The van der Waals surface area contributed by atoms with E-state index in [4.69, 9.17) is 10.7 Å². The van der Waals surface area contributed by atoms with Crippen LogP contribution in [0.4, 0.5) is 0 Å². The molecule has 0 amide bonds. The van der Waals surface area contributed by atoms with Gasteiger partial charge in [-0.3, -0.25) is 0 Å². The van der Waals surface area contributed by atoms with Crippen molar-refractivity contribution in [2.75, 3.05) is 0 Å². The van der Waals surface area contributed by atoms with Gasteiger partial charge in [-0.05, 0) is 50.9 Å². The first kappa shape index (κ1) is 14.1. The molecule has 2 aliphatic rings. The van der Waals surface area contributed by atoms with Gasteiger partial charge in [0.2, 0.25) is 0 Å². The van der Waals surface area contributed by atoms with Gasteiger partial charge in [0.1, 0.15) is 5.82 Å². The van der Waals surface area contributed by atoms with Gasteiger partial charge in [0, 0.05) is 17.7 Å². The Morgan fingerprint density at radius 2 is 2.00 bits per heavy atom. The third kappa shape index (κ3) is 2.93. The van der Waals surface area contributed by atoms with Crippen LogP contribution >= 0.6 is 0 Å². The highest BCUT2D eigenvalue weighted by Gasteiger charge is 2.27. The van der Waals surface area contributed by atoms with E-state index in [2.05, 4.69) is 11.9 Å². The fraction of sp³-hybridized carbons (Fsp3) is 0.824. The van der Waals surface area contributed by atoms with E-state index in [-0.39, 0.29) is 6.04 Å². The largest absolute Gasteiger partial charge is 0.345 e. The van der Waals surface area contributed by atoms with Gasteiger partial charge in [0.15, 0.2) is 0 Å². The Balaban J connectivity index is 1.61. The normalized spacial score (nSPS) is 30.2. The molecule has 1 saturated carbocycles. The minimum absolute atomic E-state index is 0.171. The quantitative estimate of drug-likeness (QED) is 0.864. The molecule has 0 radical (unpaired) electrons. The molecule has 0 aliphatic heterocycles. The van der Waals surface area contributed by atoms with E-state index in [1.165, 1.54) is 68.6 Å². The summed E-state index contributed by atoms with van der Waals surface area (Å²) in [5.74, 6) is 2.87. The lowest BCUT2D eigenvalue weighted by Gasteiger charge is -2.27. The maximum absolute atomic E-state index is 6.18. The zero-order valence-electron chi connectivity index (χ0n) is 12.8. The van der Waals surface area contributed by atoms with E-state index >= 15 is 0 Å². The van der Waals surface area contributed by atoms with Crippen LogP contribution in [0.5, 0.6) is 0 Å². The summed E-state index contributed by atoms with van der Waals surface area (Å²) in [5, 5.41) is 0. The smallest absolute Gasteiger partial charge is 0.109 e. The maximum atomic E-state index is 6.18. The first-order valence-corrected chi connectivity index (χ1v) is 8.62. The van der Waals surface area contributed by atoms with Gasteiger partial charge in [-0.15, -0.1) is 0 Å². The Hall–Kier alpha value is -0.830. The van der Waals surface area contributed by atoms with Crippen molar-refractivity contribution in [1.82, 2.24) is 9.97 Å². The molecule has 20 heavy (non-hydrogen) atoms. The Labute approximate surface area is 122 Å². The van der Waals surface area contributed by atoms with Crippen LogP contribution in [0.3, 0.4) is 0 Å². The summed E-state index contributed by atoms with van der Waals surface area (Å²) in [5.41, 5.74) is 8.68. The third-order valence-electron chi connectivity index (χ3n) is 5.32. The molecule has 1 atom stereocenters. The summed E-state index contributed by atoms with van der Waals surface area (Å²) in [6.07, 6.45) is 13.0. The van der Waals surface area contributed by atoms with E-state index in [1.54, 1.807) is 0 Å². The molecular weight excluding hydrogens is 246 g/mol. The number of hydrogen-bond donors (Lipinski definition) is 2. The molecule has 3 heteroatoms. The molecule has 0 saturated heterocycles. The summed E-state index contributed by atoms with van der Waals surface area (Å²) < 4.78 is 0. The summed E-state index contributed by atoms with van der Waals surface area (Å²) >= 11 is 0. The van der Waals surface area contributed by atoms with Gasteiger partial charge in [0.25, 0.3) is 0 Å². The van der Waals surface area contributed by atoms with Crippen molar-refractivity contribution >= 4 is 0 Å². The van der Waals surface area contributed by atoms with Crippen molar-refractivity contribution in [3.63, 3.8) is 0 Å². The molecule has 0 spiro atoms. The minimum Gasteiger partial charge on any atom is -0.345 e. The lowest BCUT2D eigenvalue weighted by molar-refractivity contribution is 0.299. The highest BCUT2D eigenvalue weighted by Crippen LogP contribution is 2.38. The van der Waals surface area contributed by atoms with Crippen LogP contribution in [0.15, 0.2) is 0 Å². The molecule has 1 aromatic heterocycles. The highest BCUT2D eigenvalue weighted by molar-refractivity contribution is 5.22. The molecule has 112 valence electrons. The lowest BCUT2D eigenvalue weighted by atomic mass is 9.79. The topological polar surface area (TPSA) is 54.7 Å². The zero-order valence-corrected chi connectivity index (χ0v) is 12.8. The predicted octanol–water partition coefficient (Wildman–Crippen LogP) is 4.21. The maximum Gasteiger partial charge on any atom is 0.109 e. The Morgan fingerprint density at radius 1 is 1.20 bits per heavy atom. The molecule has 3 N–H and O–H groups in total. The van der Waals surface area contributed by atoms with Crippen molar-refractivity contribution in [2.45, 2.75) is 83.1 Å². The molecule has 3 rings (SSSR count). The van der Waals surface area contributed by atoms with Crippen LogP contribution < -0.4 is 5.73 Å². The van der Waals surface area contributed by atoms with Crippen molar-refractivity contribution in [1.29, 1.82) is 0 Å². The molecule has 1 heterocycles. The molecule has 1 fully saturated rings. The number of aryl methyl sites for hydroxylation is 1. The minimum atomic E-state index is 0.171. The number of rotatable bonds is 4. The van der Waals surface area contributed by atoms with E-state index in [0.29, 0.717) is 5.92 Å². The standard InChI is InChI=1S/C17H29N3/c1-2-3-5-12-8-10-13(11-9-12)17-19-15-7-4-6-14(18)16(15)20-17/h12-14H,2-11,18H2,1H3,(H,19,20). The van der Waals surface area contributed by atoms with Crippen LogP contribution in [0.1, 0.15) is 93.9 Å². The number of aromatic nitrogens is 2. The molecule has 3 nitrogen and oxygen atoms in total. The van der Waals surface area contributed by atoms with Crippen LogP contribution in [-0.4, -0.2) is 9.97 Å². The molecular formula is C17H29N3. The second-order valence-electron chi connectivity index (χ2n) is 6.84. The van der Waals surface area contributed by atoms with Gasteiger partial charge in [-0.1, -0.05) is 26.2 Å². The van der Waals surface area contributed by atoms with Crippen LogP contribution in [0.25, 0.3) is 0 Å². The first-order chi connectivity index (χ1) is 9.78. The number of hydrogen-bond acceptors (Lipinski definition) is 2. The average molecular weight is 275 g/mol. The van der Waals surface area contributed by atoms with Crippen LogP contribution in [0, 0.1) is 5.92 Å². The average Bonchev–Trinajstić information content (AvgIpc) is 2.91. The summed E-state index contributed by atoms with van der Waals surface area (Å²) in [6, 6.07) is 0.171. The van der Waals surface area contributed by atoms with Crippen LogP contribution in [0.2, 0.25) is 0 Å². The fourth-order valence-corrected chi connectivity index (χ4v) is 3.99. The van der Waals surface area contributed by atoms with Crippen molar-refractivity contribution in [2.24, 2.45) is 11.7 Å². The van der Waals surface area contributed by atoms with Gasteiger partial charge < -0.3 is 10.7 Å². The van der Waals surface area contributed by atoms with E-state index in [1.807, 2.05) is 0 Å².